The number of aromatic nitrogens is 4. The van der Waals surface area contributed by atoms with Gasteiger partial charge in [0.1, 0.15) is 11.6 Å². The molecule has 2 amide bonds. The average Bonchev–Trinajstić information content (AvgIpc) is 3.35. The Labute approximate surface area is 192 Å². The second kappa shape index (κ2) is 9.06. The van der Waals surface area contributed by atoms with Crippen LogP contribution >= 0.6 is 0 Å². The molecular formula is C23H20N6O5. The standard InChI is InChI=1S/C23H20N6O5/c1-11(30)7-19(32)24-13-3-5-15-17(9-13)28-22(26-15)21(34)23-27-16-6-4-14(10-18(16)29-23)25-20(33)8-12(2)31/h3-6,9-10H,7-8H2,1-2H3,(H,24,32)(H,25,33)(H,26,28)(H,27,29). The minimum absolute atomic E-state index is 0.0521. The van der Waals surface area contributed by atoms with Gasteiger partial charge >= 0.3 is 0 Å². The third-order valence-electron chi connectivity index (χ3n) is 4.78. The van der Waals surface area contributed by atoms with Crippen LogP contribution in [0.15, 0.2) is 36.4 Å². The molecule has 0 saturated heterocycles. The van der Waals surface area contributed by atoms with Crippen LogP contribution in [0.4, 0.5) is 11.4 Å². The highest BCUT2D eigenvalue weighted by Gasteiger charge is 2.19. The number of ketones is 3. The first kappa shape index (κ1) is 22.5. The van der Waals surface area contributed by atoms with Gasteiger partial charge in [0.2, 0.25) is 11.8 Å². The number of H-pyrrole nitrogens is 2. The molecule has 2 aromatic heterocycles. The zero-order valence-electron chi connectivity index (χ0n) is 18.3. The van der Waals surface area contributed by atoms with Crippen molar-refractivity contribution in [2.24, 2.45) is 0 Å². The summed E-state index contributed by atoms with van der Waals surface area (Å²) in [7, 11) is 0. The molecule has 2 aromatic carbocycles. The predicted molar refractivity (Wildman–Crippen MR) is 123 cm³/mol. The molecule has 0 aliphatic carbocycles. The molecule has 0 atom stereocenters. The molecule has 0 saturated carbocycles. The SMILES string of the molecule is CC(=O)CC(=O)Nc1ccc2nc(C(=O)c3nc4ccc(NC(=O)CC(C)=O)cc4[nH]3)[nH]c2c1. The number of benzene rings is 2. The number of Topliss-reactive ketones (excluding diaryl/α,β-unsaturated/α-hetero) is 2. The van der Waals surface area contributed by atoms with Crippen LogP contribution in [0, 0.1) is 0 Å². The third-order valence-corrected chi connectivity index (χ3v) is 4.78. The highest BCUT2D eigenvalue weighted by Crippen LogP contribution is 2.21. The van der Waals surface area contributed by atoms with E-state index in [0.717, 1.165) is 0 Å². The van der Waals surface area contributed by atoms with Crippen LogP contribution in [0.2, 0.25) is 0 Å². The molecule has 4 rings (SSSR count). The Kier molecular flexibility index (Phi) is 6.00. The minimum atomic E-state index is -0.475. The van der Waals surface area contributed by atoms with E-state index < -0.39 is 17.6 Å². The van der Waals surface area contributed by atoms with E-state index >= 15 is 0 Å². The highest BCUT2D eigenvalue weighted by molar-refractivity contribution is 6.08. The second-order valence-electron chi connectivity index (χ2n) is 7.82. The van der Waals surface area contributed by atoms with Crippen molar-refractivity contribution >= 4 is 62.6 Å². The van der Waals surface area contributed by atoms with Gasteiger partial charge in [-0.1, -0.05) is 0 Å². The normalized spacial score (nSPS) is 10.9. The maximum absolute atomic E-state index is 13.0. The number of anilines is 2. The van der Waals surface area contributed by atoms with Crippen molar-refractivity contribution in [2.75, 3.05) is 10.6 Å². The summed E-state index contributed by atoms with van der Waals surface area (Å²) < 4.78 is 0. The summed E-state index contributed by atoms with van der Waals surface area (Å²) in [6.07, 6.45) is -0.447. The van der Waals surface area contributed by atoms with Gasteiger partial charge in [0.15, 0.2) is 11.6 Å². The maximum Gasteiger partial charge on any atom is 0.263 e. The number of amides is 2. The Hall–Kier alpha value is -4.67. The molecule has 11 heteroatoms. The Morgan fingerprint density at radius 3 is 1.50 bits per heavy atom. The predicted octanol–water partition coefficient (Wildman–Crippen LogP) is 2.51. The Balaban J connectivity index is 1.54. The smallest absolute Gasteiger partial charge is 0.263 e. The Morgan fingerprint density at radius 2 is 1.12 bits per heavy atom. The molecule has 172 valence electrons. The zero-order valence-corrected chi connectivity index (χ0v) is 18.3. The fourth-order valence-electron chi connectivity index (χ4n) is 3.36. The highest BCUT2D eigenvalue weighted by atomic mass is 16.2. The zero-order chi connectivity index (χ0) is 24.4. The van der Waals surface area contributed by atoms with Crippen molar-refractivity contribution < 1.29 is 24.0 Å². The van der Waals surface area contributed by atoms with Gasteiger partial charge in [0.25, 0.3) is 5.78 Å². The fraction of sp³-hybridized carbons (Fsp3) is 0.174. The van der Waals surface area contributed by atoms with E-state index in [1.165, 1.54) is 13.8 Å². The fourth-order valence-corrected chi connectivity index (χ4v) is 3.36. The molecule has 11 nitrogen and oxygen atoms in total. The van der Waals surface area contributed by atoms with E-state index in [2.05, 4.69) is 30.6 Å². The van der Waals surface area contributed by atoms with Crippen molar-refractivity contribution in [3.63, 3.8) is 0 Å². The topological polar surface area (TPSA) is 167 Å². The number of rotatable bonds is 8. The molecular weight excluding hydrogens is 440 g/mol. The van der Waals surface area contributed by atoms with Gasteiger partial charge in [0, 0.05) is 11.4 Å². The van der Waals surface area contributed by atoms with Gasteiger partial charge < -0.3 is 20.6 Å². The number of carbonyl (C=O) groups excluding carboxylic acids is 5. The van der Waals surface area contributed by atoms with Crippen LogP contribution in [-0.4, -0.2) is 49.1 Å². The first-order valence-electron chi connectivity index (χ1n) is 10.3. The number of hydrogen-bond donors (Lipinski definition) is 4. The van der Waals surface area contributed by atoms with Gasteiger partial charge in [-0.3, -0.25) is 24.0 Å². The molecule has 0 radical (unpaired) electrons. The minimum Gasteiger partial charge on any atom is -0.335 e. The largest absolute Gasteiger partial charge is 0.335 e. The van der Waals surface area contributed by atoms with Crippen molar-refractivity contribution in [3.05, 3.63) is 48.0 Å². The van der Waals surface area contributed by atoms with Gasteiger partial charge in [-0.15, -0.1) is 0 Å². The summed E-state index contributed by atoms with van der Waals surface area (Å²) in [6, 6.07) is 9.76. The number of carbonyl (C=O) groups is 5. The molecule has 34 heavy (non-hydrogen) atoms. The number of fused-ring (bicyclic) bond motifs is 2. The average molecular weight is 460 g/mol. The van der Waals surface area contributed by atoms with Gasteiger partial charge in [0.05, 0.1) is 34.9 Å². The number of imidazole rings is 2. The van der Waals surface area contributed by atoms with Crippen LogP contribution in [0.25, 0.3) is 22.1 Å². The van der Waals surface area contributed by atoms with Crippen LogP contribution in [0.1, 0.15) is 43.1 Å². The monoisotopic (exact) mass is 460 g/mol. The van der Waals surface area contributed by atoms with Crippen LogP contribution in [0.5, 0.6) is 0 Å². The van der Waals surface area contributed by atoms with Crippen LogP contribution in [0.3, 0.4) is 0 Å². The summed E-state index contributed by atoms with van der Waals surface area (Å²) >= 11 is 0. The first-order valence-corrected chi connectivity index (χ1v) is 10.3. The van der Waals surface area contributed by atoms with E-state index in [1.807, 2.05) is 0 Å². The lowest BCUT2D eigenvalue weighted by molar-refractivity contribution is -0.125. The molecule has 0 unspecified atom stereocenters. The second-order valence-corrected chi connectivity index (χ2v) is 7.82. The summed E-state index contributed by atoms with van der Waals surface area (Å²) in [4.78, 5) is 73.2. The van der Waals surface area contributed by atoms with Gasteiger partial charge in [-0.25, -0.2) is 9.97 Å². The number of aromatic amines is 2. The summed E-state index contributed by atoms with van der Waals surface area (Å²) in [5, 5.41) is 5.25. The molecule has 0 aliphatic rings. The van der Waals surface area contributed by atoms with Gasteiger partial charge in [-0.2, -0.15) is 0 Å². The first-order chi connectivity index (χ1) is 16.2. The molecule has 4 N–H and O–H groups in total. The molecule has 4 aromatic rings. The van der Waals surface area contributed by atoms with Crippen LogP contribution in [-0.2, 0) is 19.2 Å². The molecule has 0 aliphatic heterocycles. The number of hydrogen-bond acceptors (Lipinski definition) is 7. The summed E-state index contributed by atoms with van der Waals surface area (Å²) in [5.74, 6) is -1.72. The van der Waals surface area contributed by atoms with E-state index in [-0.39, 0.29) is 36.1 Å². The van der Waals surface area contributed by atoms with E-state index in [4.69, 9.17) is 0 Å². The van der Waals surface area contributed by atoms with Gasteiger partial charge in [-0.05, 0) is 50.2 Å². The summed E-state index contributed by atoms with van der Waals surface area (Å²) in [5.41, 5.74) is 3.00. The molecule has 0 bridgehead atoms. The maximum atomic E-state index is 13.0. The lowest BCUT2D eigenvalue weighted by Gasteiger charge is -2.03. The van der Waals surface area contributed by atoms with Crippen molar-refractivity contribution in [1.29, 1.82) is 0 Å². The number of nitrogens with zero attached hydrogens (tertiary/aromatic N) is 2. The van der Waals surface area contributed by atoms with E-state index in [0.29, 0.717) is 33.4 Å². The molecule has 2 heterocycles. The third kappa shape index (κ3) is 5.04. The van der Waals surface area contributed by atoms with Crippen LogP contribution < -0.4 is 10.6 Å². The van der Waals surface area contributed by atoms with E-state index in [1.54, 1.807) is 36.4 Å². The van der Waals surface area contributed by atoms with Crippen molar-refractivity contribution in [2.45, 2.75) is 26.7 Å². The molecule has 0 fully saturated rings. The van der Waals surface area contributed by atoms with Crippen molar-refractivity contribution in [3.8, 4) is 0 Å². The lowest BCUT2D eigenvalue weighted by atomic mass is 10.2. The van der Waals surface area contributed by atoms with E-state index in [9.17, 15) is 24.0 Å². The lowest BCUT2D eigenvalue weighted by Crippen LogP contribution is -2.14. The van der Waals surface area contributed by atoms with Crippen molar-refractivity contribution in [1.82, 2.24) is 19.9 Å². The molecule has 0 spiro atoms. The Bertz CT molecular complexity index is 1370. The number of nitrogens with one attached hydrogen (secondary N) is 4. The quantitative estimate of drug-likeness (QED) is 0.231. The Morgan fingerprint density at radius 1 is 0.706 bits per heavy atom. The summed E-state index contributed by atoms with van der Waals surface area (Å²) in [6.45, 7) is 2.66.